The first kappa shape index (κ1) is 12.5. The summed E-state index contributed by atoms with van der Waals surface area (Å²) < 4.78 is -0.153. The van der Waals surface area contributed by atoms with Crippen molar-refractivity contribution >= 4 is 22.6 Å². The summed E-state index contributed by atoms with van der Waals surface area (Å²) in [5.41, 5.74) is 1.08. The van der Waals surface area contributed by atoms with Crippen LogP contribution in [-0.2, 0) is 0 Å². The van der Waals surface area contributed by atoms with Crippen LogP contribution in [0, 0.1) is 22.0 Å². The van der Waals surface area contributed by atoms with Gasteiger partial charge >= 0.3 is 0 Å². The number of alkyl halides is 1. The first-order chi connectivity index (χ1) is 7.94. The van der Waals surface area contributed by atoms with Gasteiger partial charge in [-0.3, -0.25) is 10.1 Å². The minimum absolute atomic E-state index is 0.153. The topological polar surface area (TPSA) is 43.1 Å². The molecule has 3 unspecified atom stereocenters. The number of allylic oxidation sites excluding steroid dienone is 6. The molecule has 2 rings (SSSR count). The van der Waals surface area contributed by atoms with Gasteiger partial charge in [0.2, 0.25) is 0 Å². The summed E-state index contributed by atoms with van der Waals surface area (Å²) in [6, 6.07) is 0. The molecule has 0 heterocycles. The Kier molecular flexibility index (Phi) is 3.25. The van der Waals surface area contributed by atoms with E-state index in [0.717, 1.165) is 12.0 Å². The van der Waals surface area contributed by atoms with Crippen molar-refractivity contribution in [3.8, 4) is 0 Å². The highest BCUT2D eigenvalue weighted by Crippen LogP contribution is 2.47. The molecule has 0 amide bonds. The molecule has 3 nitrogen and oxygen atoms in total. The van der Waals surface area contributed by atoms with E-state index in [9.17, 15) is 10.1 Å². The van der Waals surface area contributed by atoms with Gasteiger partial charge in [-0.1, -0.05) is 46.9 Å². The average molecular weight is 343 g/mol. The lowest BCUT2D eigenvalue weighted by Crippen LogP contribution is -2.05. The minimum atomic E-state index is -0.285. The van der Waals surface area contributed by atoms with Crippen LogP contribution in [0.4, 0.5) is 0 Å². The van der Waals surface area contributed by atoms with Gasteiger partial charge in [-0.2, -0.15) is 0 Å². The van der Waals surface area contributed by atoms with Gasteiger partial charge in [0.1, 0.15) is 0 Å². The Balaban J connectivity index is 2.39. The van der Waals surface area contributed by atoms with Crippen LogP contribution in [0.2, 0.25) is 0 Å². The summed E-state index contributed by atoms with van der Waals surface area (Å²) in [7, 11) is 0. The predicted octanol–water partition coefficient (Wildman–Crippen LogP) is 3.66. The van der Waals surface area contributed by atoms with E-state index < -0.39 is 0 Å². The fourth-order valence-corrected chi connectivity index (χ4v) is 2.40. The van der Waals surface area contributed by atoms with E-state index in [1.54, 1.807) is 6.08 Å². The Labute approximate surface area is 114 Å². The van der Waals surface area contributed by atoms with Crippen molar-refractivity contribution < 1.29 is 4.92 Å². The van der Waals surface area contributed by atoms with Crippen molar-refractivity contribution in [3.05, 3.63) is 58.3 Å². The van der Waals surface area contributed by atoms with Crippen LogP contribution in [0.1, 0.15) is 13.3 Å². The Morgan fingerprint density at radius 1 is 1.59 bits per heavy atom. The second kappa shape index (κ2) is 4.40. The predicted molar refractivity (Wildman–Crippen MR) is 76.5 cm³/mol. The van der Waals surface area contributed by atoms with Crippen LogP contribution in [0.25, 0.3) is 0 Å². The number of rotatable bonds is 3. The van der Waals surface area contributed by atoms with Crippen LogP contribution < -0.4 is 0 Å². The maximum atomic E-state index is 11.1. The lowest BCUT2D eigenvalue weighted by atomic mass is 10.1. The molecule has 4 heteroatoms. The standard InChI is InChI=1S/C13H14INO2/c1-3-9-8-11(9)10-4-6-13(2,14)7-5-12(10)15(16)17/h3-7,9,11H,1,8H2,2H3. The van der Waals surface area contributed by atoms with Gasteiger partial charge in [-0.25, -0.2) is 0 Å². The Bertz CT molecular complexity index is 460. The Morgan fingerprint density at radius 3 is 2.76 bits per heavy atom. The molecule has 2 aliphatic carbocycles. The number of halogens is 1. The normalized spacial score (nSPS) is 35.6. The zero-order valence-corrected chi connectivity index (χ0v) is 11.8. The molecule has 0 radical (unpaired) electrons. The monoisotopic (exact) mass is 343 g/mol. The van der Waals surface area contributed by atoms with E-state index in [1.807, 2.05) is 31.2 Å². The SMILES string of the molecule is C=CC1CC1C1=C([N+](=O)[O-])C=CC(C)(I)C=C1. The summed E-state index contributed by atoms with van der Waals surface area (Å²) in [4.78, 5) is 10.8. The summed E-state index contributed by atoms with van der Waals surface area (Å²) in [5.74, 6) is 0.677. The first-order valence-electron chi connectivity index (χ1n) is 5.53. The Hall–Kier alpha value is -0.910. The van der Waals surface area contributed by atoms with E-state index >= 15 is 0 Å². The average Bonchev–Trinajstić information content (AvgIpc) is 3.00. The largest absolute Gasteiger partial charge is 0.272 e. The molecule has 3 atom stereocenters. The summed E-state index contributed by atoms with van der Waals surface area (Å²) in [5, 5.41) is 11.1. The highest BCUT2D eigenvalue weighted by molar-refractivity contribution is 14.1. The molecule has 0 bridgehead atoms. The molecule has 0 aromatic carbocycles. The summed E-state index contributed by atoms with van der Waals surface area (Å²) in [6.45, 7) is 5.78. The van der Waals surface area contributed by atoms with E-state index in [1.165, 1.54) is 0 Å². The van der Waals surface area contributed by atoms with Gasteiger partial charge in [0.05, 0.1) is 8.35 Å². The van der Waals surface area contributed by atoms with Crippen LogP contribution in [-0.4, -0.2) is 8.35 Å². The lowest BCUT2D eigenvalue weighted by Gasteiger charge is -2.09. The third-order valence-electron chi connectivity index (χ3n) is 3.19. The molecule has 1 fully saturated rings. The summed E-state index contributed by atoms with van der Waals surface area (Å²) >= 11 is 2.27. The number of nitro groups is 1. The van der Waals surface area contributed by atoms with Crippen molar-refractivity contribution in [3.63, 3.8) is 0 Å². The lowest BCUT2D eigenvalue weighted by molar-refractivity contribution is -0.420. The molecule has 0 N–H and O–H groups in total. The van der Waals surface area contributed by atoms with Crippen molar-refractivity contribution in [2.45, 2.75) is 16.8 Å². The number of hydrogen-bond donors (Lipinski definition) is 0. The molecule has 90 valence electrons. The van der Waals surface area contributed by atoms with Gasteiger partial charge in [0.15, 0.2) is 0 Å². The zero-order chi connectivity index (χ0) is 12.6. The molecular formula is C13H14INO2. The minimum Gasteiger partial charge on any atom is -0.258 e. The molecule has 0 spiro atoms. The van der Waals surface area contributed by atoms with E-state index in [0.29, 0.717) is 5.92 Å². The molecule has 0 aliphatic heterocycles. The van der Waals surface area contributed by atoms with Gasteiger partial charge in [0, 0.05) is 11.6 Å². The maximum absolute atomic E-state index is 11.1. The highest BCUT2D eigenvalue weighted by atomic mass is 127. The smallest absolute Gasteiger partial charge is 0.258 e. The van der Waals surface area contributed by atoms with Crippen LogP contribution >= 0.6 is 22.6 Å². The molecular weight excluding hydrogens is 329 g/mol. The van der Waals surface area contributed by atoms with Crippen molar-refractivity contribution in [1.29, 1.82) is 0 Å². The second-order valence-corrected chi connectivity index (χ2v) is 6.98. The zero-order valence-electron chi connectivity index (χ0n) is 9.60. The summed E-state index contributed by atoms with van der Waals surface area (Å²) in [6.07, 6.45) is 10.3. The van der Waals surface area contributed by atoms with Crippen molar-refractivity contribution in [2.75, 3.05) is 0 Å². The third kappa shape index (κ3) is 2.68. The molecule has 2 aliphatic rings. The van der Waals surface area contributed by atoms with E-state index in [2.05, 4.69) is 29.2 Å². The van der Waals surface area contributed by atoms with E-state index in [4.69, 9.17) is 0 Å². The molecule has 17 heavy (non-hydrogen) atoms. The molecule has 1 saturated carbocycles. The third-order valence-corrected chi connectivity index (χ3v) is 3.91. The van der Waals surface area contributed by atoms with Gasteiger partial charge in [-0.15, -0.1) is 6.58 Å². The highest BCUT2D eigenvalue weighted by Gasteiger charge is 2.40. The molecule has 0 saturated heterocycles. The number of hydrogen-bond acceptors (Lipinski definition) is 2. The first-order valence-corrected chi connectivity index (χ1v) is 6.61. The number of nitrogens with zero attached hydrogens (tertiary/aromatic N) is 1. The van der Waals surface area contributed by atoms with Crippen molar-refractivity contribution in [1.82, 2.24) is 0 Å². The molecule has 0 aromatic heterocycles. The Morgan fingerprint density at radius 2 is 2.24 bits per heavy atom. The van der Waals surface area contributed by atoms with Crippen LogP contribution in [0.3, 0.4) is 0 Å². The quantitative estimate of drug-likeness (QED) is 0.258. The van der Waals surface area contributed by atoms with Crippen LogP contribution in [0.15, 0.2) is 48.2 Å². The molecule has 0 aromatic rings. The van der Waals surface area contributed by atoms with Crippen molar-refractivity contribution in [2.24, 2.45) is 11.8 Å². The van der Waals surface area contributed by atoms with Gasteiger partial charge in [0.25, 0.3) is 5.70 Å². The van der Waals surface area contributed by atoms with Crippen LogP contribution in [0.5, 0.6) is 0 Å². The van der Waals surface area contributed by atoms with Gasteiger partial charge in [-0.05, 0) is 25.2 Å². The fourth-order valence-electron chi connectivity index (χ4n) is 2.04. The maximum Gasteiger partial charge on any atom is 0.272 e. The van der Waals surface area contributed by atoms with Gasteiger partial charge < -0.3 is 0 Å². The second-order valence-electron chi connectivity index (χ2n) is 4.66. The van der Waals surface area contributed by atoms with E-state index in [-0.39, 0.29) is 20.0 Å². The fraction of sp³-hybridized carbons (Fsp3) is 0.385.